The van der Waals surface area contributed by atoms with Gasteiger partial charge in [-0.05, 0) is 67.8 Å². The predicted octanol–water partition coefficient (Wildman–Crippen LogP) is 7.58. The Labute approximate surface area is 201 Å². The molecule has 1 aliphatic rings. The van der Waals surface area contributed by atoms with E-state index in [9.17, 15) is 18.3 Å². The van der Waals surface area contributed by atoms with Crippen LogP contribution in [0, 0.1) is 0 Å². The van der Waals surface area contributed by atoms with E-state index in [1.807, 2.05) is 67.6 Å². The summed E-state index contributed by atoms with van der Waals surface area (Å²) in [5, 5.41) is 14.6. The van der Waals surface area contributed by atoms with Crippen molar-refractivity contribution in [2.75, 3.05) is 5.32 Å². The number of aromatic nitrogens is 1. The van der Waals surface area contributed by atoms with Gasteiger partial charge in [0.1, 0.15) is 5.75 Å². The Morgan fingerprint density at radius 1 is 0.943 bits per heavy atom. The quantitative estimate of drug-likeness (QED) is 0.288. The number of rotatable bonds is 7. The van der Waals surface area contributed by atoms with Crippen molar-refractivity contribution in [2.24, 2.45) is 0 Å². The fourth-order valence-electron chi connectivity index (χ4n) is 4.05. The lowest BCUT2D eigenvalue weighted by Crippen LogP contribution is -2.06. The van der Waals surface area contributed by atoms with Crippen LogP contribution in [0.15, 0.2) is 84.9 Å². The van der Waals surface area contributed by atoms with E-state index in [2.05, 4.69) is 5.32 Å². The lowest BCUT2D eigenvalue weighted by Gasteiger charge is -2.16. The molecule has 0 amide bonds. The number of ether oxygens (including phenoxy) is 1. The predicted molar refractivity (Wildman–Crippen MR) is 130 cm³/mol. The van der Waals surface area contributed by atoms with E-state index in [0.29, 0.717) is 17.1 Å². The number of aromatic hydroxyl groups is 1. The van der Waals surface area contributed by atoms with Crippen molar-refractivity contribution >= 4 is 5.69 Å². The zero-order valence-electron chi connectivity index (χ0n) is 19.1. The second-order valence-electron chi connectivity index (χ2n) is 8.77. The van der Waals surface area contributed by atoms with E-state index in [1.54, 1.807) is 4.57 Å². The minimum Gasteiger partial charge on any atom is -0.493 e. The molecular formula is C28H25F3N2O2. The van der Waals surface area contributed by atoms with Crippen LogP contribution in [0.3, 0.4) is 0 Å². The first kappa shape index (κ1) is 22.9. The maximum atomic E-state index is 13.1. The van der Waals surface area contributed by atoms with Gasteiger partial charge in [0.25, 0.3) is 0 Å². The maximum absolute atomic E-state index is 13.1. The Kier molecular flexibility index (Phi) is 5.93. The van der Waals surface area contributed by atoms with Crippen LogP contribution in [0.5, 0.6) is 11.6 Å². The van der Waals surface area contributed by atoms with Gasteiger partial charge in [-0.15, -0.1) is 0 Å². The third-order valence-corrected chi connectivity index (χ3v) is 6.06. The number of alkyl halides is 3. The molecule has 1 fully saturated rings. The standard InChI is InChI=1S/C28H25F3N2O2/c1-18(19-6-3-2-4-7-19)32-25-17-26(20-8-5-9-24(16-20)35-23-14-15-23)33(27(25)34)22-12-10-21(11-13-22)28(29,30)31/h2-13,16-18,23,32,34H,14-15H2,1H3/t18-/m1/s1. The van der Waals surface area contributed by atoms with E-state index in [-0.39, 0.29) is 18.0 Å². The Balaban J connectivity index is 1.57. The Morgan fingerprint density at radius 2 is 1.66 bits per heavy atom. The molecule has 1 aliphatic carbocycles. The van der Waals surface area contributed by atoms with Gasteiger partial charge in [-0.2, -0.15) is 13.2 Å². The fourth-order valence-corrected chi connectivity index (χ4v) is 4.05. The van der Waals surface area contributed by atoms with Gasteiger partial charge in [0.05, 0.1) is 23.0 Å². The molecule has 0 spiro atoms. The third-order valence-electron chi connectivity index (χ3n) is 6.06. The highest BCUT2D eigenvalue weighted by atomic mass is 19.4. The van der Waals surface area contributed by atoms with E-state index >= 15 is 0 Å². The van der Waals surface area contributed by atoms with Crippen LogP contribution in [0.1, 0.15) is 36.9 Å². The van der Waals surface area contributed by atoms with Crippen molar-refractivity contribution < 1.29 is 23.0 Å². The zero-order valence-corrected chi connectivity index (χ0v) is 19.1. The molecule has 0 radical (unpaired) electrons. The molecule has 7 heteroatoms. The van der Waals surface area contributed by atoms with Gasteiger partial charge in [-0.1, -0.05) is 42.5 Å². The summed E-state index contributed by atoms with van der Waals surface area (Å²) in [6, 6.07) is 23.8. The zero-order chi connectivity index (χ0) is 24.6. The van der Waals surface area contributed by atoms with Crippen LogP contribution in [-0.4, -0.2) is 15.8 Å². The van der Waals surface area contributed by atoms with Crippen molar-refractivity contribution in [2.45, 2.75) is 38.1 Å². The first-order chi connectivity index (χ1) is 16.8. The summed E-state index contributed by atoms with van der Waals surface area (Å²) in [6.07, 6.45) is -2.16. The fraction of sp³-hybridized carbons (Fsp3) is 0.214. The van der Waals surface area contributed by atoms with E-state index in [4.69, 9.17) is 4.74 Å². The molecule has 4 aromatic rings. The van der Waals surface area contributed by atoms with Crippen molar-refractivity contribution in [1.29, 1.82) is 0 Å². The molecule has 0 aliphatic heterocycles. The average molecular weight is 479 g/mol. The van der Waals surface area contributed by atoms with Crippen molar-refractivity contribution in [3.63, 3.8) is 0 Å². The van der Waals surface area contributed by atoms with E-state index in [0.717, 1.165) is 41.9 Å². The van der Waals surface area contributed by atoms with Gasteiger partial charge in [0, 0.05) is 17.3 Å². The normalized spacial score (nSPS) is 14.5. The molecule has 0 saturated heterocycles. The lowest BCUT2D eigenvalue weighted by molar-refractivity contribution is -0.137. The van der Waals surface area contributed by atoms with Crippen LogP contribution in [0.2, 0.25) is 0 Å². The molecule has 0 bridgehead atoms. The molecule has 5 rings (SSSR count). The van der Waals surface area contributed by atoms with Crippen LogP contribution in [0.25, 0.3) is 16.9 Å². The summed E-state index contributed by atoms with van der Waals surface area (Å²) in [6.45, 7) is 1.98. The molecule has 3 aromatic carbocycles. The molecule has 35 heavy (non-hydrogen) atoms. The summed E-state index contributed by atoms with van der Waals surface area (Å²) in [7, 11) is 0. The molecule has 1 atom stereocenters. The second-order valence-corrected chi connectivity index (χ2v) is 8.77. The molecular weight excluding hydrogens is 453 g/mol. The third kappa shape index (κ3) is 4.99. The largest absolute Gasteiger partial charge is 0.493 e. The molecule has 4 nitrogen and oxygen atoms in total. The summed E-state index contributed by atoms with van der Waals surface area (Å²) in [5.74, 6) is 0.632. The van der Waals surface area contributed by atoms with Crippen molar-refractivity contribution in [1.82, 2.24) is 4.57 Å². The van der Waals surface area contributed by atoms with Crippen molar-refractivity contribution in [3.8, 4) is 28.6 Å². The van der Waals surface area contributed by atoms with Gasteiger partial charge in [-0.3, -0.25) is 4.57 Å². The maximum Gasteiger partial charge on any atom is 0.416 e. The number of nitrogens with zero attached hydrogens (tertiary/aromatic N) is 1. The first-order valence-electron chi connectivity index (χ1n) is 11.5. The number of benzene rings is 3. The van der Waals surface area contributed by atoms with Gasteiger partial charge >= 0.3 is 6.18 Å². The average Bonchev–Trinajstić information content (AvgIpc) is 3.61. The summed E-state index contributed by atoms with van der Waals surface area (Å²) in [4.78, 5) is 0. The summed E-state index contributed by atoms with van der Waals surface area (Å²) < 4.78 is 46.9. The number of anilines is 1. The monoisotopic (exact) mass is 478 g/mol. The summed E-state index contributed by atoms with van der Waals surface area (Å²) in [5.41, 5.74) is 2.59. The van der Waals surface area contributed by atoms with Gasteiger partial charge in [-0.25, -0.2) is 0 Å². The molecule has 1 heterocycles. The smallest absolute Gasteiger partial charge is 0.416 e. The number of hydrogen-bond donors (Lipinski definition) is 2. The van der Waals surface area contributed by atoms with Crippen LogP contribution in [-0.2, 0) is 6.18 Å². The summed E-state index contributed by atoms with van der Waals surface area (Å²) >= 11 is 0. The Hall–Kier alpha value is -3.87. The van der Waals surface area contributed by atoms with Crippen LogP contribution in [0.4, 0.5) is 18.9 Å². The van der Waals surface area contributed by atoms with Gasteiger partial charge in [0.2, 0.25) is 5.88 Å². The molecule has 1 aromatic heterocycles. The minimum absolute atomic E-state index is 0.0870. The second kappa shape index (κ2) is 9.06. The SMILES string of the molecule is C[C@@H](Nc1cc(-c2cccc(OC3CC3)c2)n(-c2ccc(C(F)(F)F)cc2)c1O)c1ccccc1. The highest BCUT2D eigenvalue weighted by Gasteiger charge is 2.30. The highest BCUT2D eigenvalue weighted by molar-refractivity contribution is 5.75. The number of hydrogen-bond acceptors (Lipinski definition) is 3. The van der Waals surface area contributed by atoms with Gasteiger partial charge < -0.3 is 15.2 Å². The lowest BCUT2D eigenvalue weighted by atomic mass is 10.1. The van der Waals surface area contributed by atoms with Crippen LogP contribution < -0.4 is 10.1 Å². The van der Waals surface area contributed by atoms with Crippen LogP contribution >= 0.6 is 0 Å². The minimum atomic E-state index is -4.44. The number of halogens is 3. The van der Waals surface area contributed by atoms with E-state index < -0.39 is 11.7 Å². The molecule has 180 valence electrons. The van der Waals surface area contributed by atoms with Crippen molar-refractivity contribution in [3.05, 3.63) is 96.1 Å². The highest BCUT2D eigenvalue weighted by Crippen LogP contribution is 2.40. The molecule has 2 N–H and O–H groups in total. The Bertz CT molecular complexity index is 1310. The first-order valence-corrected chi connectivity index (χ1v) is 11.5. The Morgan fingerprint density at radius 3 is 2.31 bits per heavy atom. The van der Waals surface area contributed by atoms with Gasteiger partial charge in [0.15, 0.2) is 0 Å². The van der Waals surface area contributed by atoms with E-state index in [1.165, 1.54) is 12.1 Å². The topological polar surface area (TPSA) is 46.4 Å². The molecule has 0 unspecified atom stereocenters. The number of nitrogens with one attached hydrogen (secondary N) is 1. The molecule has 1 saturated carbocycles.